The maximum absolute atomic E-state index is 6.19. The van der Waals surface area contributed by atoms with E-state index in [1.54, 1.807) is 0 Å². The van der Waals surface area contributed by atoms with Gasteiger partial charge in [-0.1, -0.05) is 51.8 Å². The lowest BCUT2D eigenvalue weighted by Gasteiger charge is -2.13. The zero-order chi connectivity index (χ0) is 14.5. The number of hydrogen-bond acceptors (Lipinski definition) is 2. The van der Waals surface area contributed by atoms with Gasteiger partial charge in [-0.25, -0.2) is 0 Å². The predicted molar refractivity (Wildman–Crippen MR) is 87.3 cm³/mol. The van der Waals surface area contributed by atoms with Gasteiger partial charge in [0.2, 0.25) is 0 Å². The van der Waals surface area contributed by atoms with E-state index in [1.165, 1.54) is 0 Å². The van der Waals surface area contributed by atoms with Crippen molar-refractivity contribution in [2.75, 3.05) is 0 Å². The largest absolute Gasteiger partial charge is 0.489 e. The second-order valence-corrected chi connectivity index (χ2v) is 6.14. The minimum atomic E-state index is 0.107. The summed E-state index contributed by atoms with van der Waals surface area (Å²) >= 11 is 9.58. The molecule has 0 fully saturated rings. The van der Waals surface area contributed by atoms with E-state index < -0.39 is 0 Å². The molecule has 0 bridgehead atoms. The summed E-state index contributed by atoms with van der Waals surface area (Å²) in [6.45, 7) is 2.43. The fraction of sp³-hybridized carbons (Fsp3) is 0.250. The summed E-state index contributed by atoms with van der Waals surface area (Å²) in [5.41, 5.74) is 7.94. The van der Waals surface area contributed by atoms with Gasteiger partial charge in [-0.2, -0.15) is 0 Å². The number of ether oxygens (including phenoxy) is 1. The summed E-state index contributed by atoms with van der Waals surface area (Å²) in [5, 5.41) is 0.698. The molecule has 0 heterocycles. The summed E-state index contributed by atoms with van der Waals surface area (Å²) < 4.78 is 6.85. The summed E-state index contributed by atoms with van der Waals surface area (Å²) in [7, 11) is 0. The molecule has 106 valence electrons. The van der Waals surface area contributed by atoms with Gasteiger partial charge in [-0.05, 0) is 37.1 Å². The minimum Gasteiger partial charge on any atom is -0.489 e. The van der Waals surface area contributed by atoms with Crippen LogP contribution in [0.25, 0.3) is 0 Å². The zero-order valence-corrected chi connectivity index (χ0v) is 13.6. The van der Waals surface area contributed by atoms with Crippen LogP contribution in [-0.4, -0.2) is 6.04 Å². The molecular weight excluding hydrogens is 338 g/mol. The van der Waals surface area contributed by atoms with Gasteiger partial charge in [0.05, 0.1) is 0 Å². The van der Waals surface area contributed by atoms with Crippen LogP contribution in [0.1, 0.15) is 18.1 Å². The van der Waals surface area contributed by atoms with Crippen molar-refractivity contribution >= 4 is 27.5 Å². The molecule has 0 saturated heterocycles. The van der Waals surface area contributed by atoms with Crippen molar-refractivity contribution in [1.29, 1.82) is 0 Å². The summed E-state index contributed by atoms with van der Waals surface area (Å²) in [6.07, 6.45) is 0.796. The molecule has 0 radical (unpaired) electrons. The lowest BCUT2D eigenvalue weighted by atomic mass is 10.1. The third-order valence-electron chi connectivity index (χ3n) is 2.91. The molecule has 0 saturated carbocycles. The predicted octanol–water partition coefficient (Wildman–Crippen LogP) is 4.57. The number of para-hydroxylation sites is 1. The van der Waals surface area contributed by atoms with Crippen LogP contribution < -0.4 is 10.5 Å². The fourth-order valence-corrected chi connectivity index (χ4v) is 2.68. The van der Waals surface area contributed by atoms with E-state index in [-0.39, 0.29) is 6.04 Å². The Bertz CT molecular complexity index is 586. The first-order valence-corrected chi connectivity index (χ1v) is 7.63. The lowest BCUT2D eigenvalue weighted by Crippen LogP contribution is -2.18. The molecule has 2 rings (SSSR count). The number of rotatable bonds is 5. The maximum Gasteiger partial charge on any atom is 0.123 e. The highest BCUT2D eigenvalue weighted by molar-refractivity contribution is 9.10. The summed E-state index contributed by atoms with van der Waals surface area (Å²) in [5.74, 6) is 0.865. The van der Waals surface area contributed by atoms with E-state index in [2.05, 4.69) is 15.9 Å². The third-order valence-corrected chi connectivity index (χ3v) is 3.76. The monoisotopic (exact) mass is 353 g/mol. The Morgan fingerprint density at radius 1 is 1.20 bits per heavy atom. The van der Waals surface area contributed by atoms with Crippen molar-refractivity contribution in [1.82, 2.24) is 0 Å². The quantitative estimate of drug-likeness (QED) is 0.853. The van der Waals surface area contributed by atoms with Gasteiger partial charge in [0.25, 0.3) is 0 Å². The number of nitrogens with two attached hydrogens (primary N) is 1. The number of halogens is 2. The van der Waals surface area contributed by atoms with Gasteiger partial charge in [0.15, 0.2) is 0 Å². The van der Waals surface area contributed by atoms with Gasteiger partial charge in [-0.15, -0.1) is 0 Å². The van der Waals surface area contributed by atoms with Crippen molar-refractivity contribution in [3.05, 3.63) is 63.1 Å². The summed E-state index contributed by atoms with van der Waals surface area (Å²) in [4.78, 5) is 0. The van der Waals surface area contributed by atoms with Crippen molar-refractivity contribution in [3.8, 4) is 5.75 Å². The van der Waals surface area contributed by atoms with E-state index in [0.717, 1.165) is 27.8 Å². The third kappa shape index (κ3) is 4.23. The standard InChI is InChI=1S/C16H17BrClNO/c1-11(19)8-12-4-2-3-5-16(12)20-10-13-6-7-14(17)9-15(13)18/h2-7,9,11H,8,10,19H2,1H3. The highest BCUT2D eigenvalue weighted by Gasteiger charge is 2.07. The van der Waals surface area contributed by atoms with Gasteiger partial charge in [0.1, 0.15) is 12.4 Å². The van der Waals surface area contributed by atoms with Gasteiger partial charge in [0, 0.05) is 21.1 Å². The Morgan fingerprint density at radius 3 is 2.65 bits per heavy atom. The normalized spacial score (nSPS) is 12.2. The smallest absolute Gasteiger partial charge is 0.123 e. The first-order chi connectivity index (χ1) is 9.56. The first kappa shape index (κ1) is 15.4. The molecule has 0 aromatic heterocycles. The van der Waals surface area contributed by atoms with E-state index >= 15 is 0 Å². The average Bonchev–Trinajstić information content (AvgIpc) is 2.39. The van der Waals surface area contributed by atoms with Crippen molar-refractivity contribution in [3.63, 3.8) is 0 Å². The van der Waals surface area contributed by atoms with E-state index in [1.807, 2.05) is 49.4 Å². The molecule has 1 unspecified atom stereocenters. The molecule has 20 heavy (non-hydrogen) atoms. The van der Waals surface area contributed by atoms with Crippen LogP contribution in [0.5, 0.6) is 5.75 Å². The number of hydrogen-bond donors (Lipinski definition) is 1. The van der Waals surface area contributed by atoms with Crippen LogP contribution in [0.15, 0.2) is 46.9 Å². The van der Waals surface area contributed by atoms with Crippen LogP contribution in [0, 0.1) is 0 Å². The highest BCUT2D eigenvalue weighted by Crippen LogP contribution is 2.25. The molecule has 0 amide bonds. The molecule has 0 spiro atoms. The van der Waals surface area contributed by atoms with Crippen molar-refractivity contribution < 1.29 is 4.74 Å². The van der Waals surface area contributed by atoms with Crippen LogP contribution in [-0.2, 0) is 13.0 Å². The average molecular weight is 355 g/mol. The molecule has 2 aromatic rings. The molecule has 2 nitrogen and oxygen atoms in total. The maximum atomic E-state index is 6.19. The van der Waals surface area contributed by atoms with Crippen LogP contribution >= 0.6 is 27.5 Å². The Hall–Kier alpha value is -1.03. The van der Waals surface area contributed by atoms with Crippen LogP contribution in [0.4, 0.5) is 0 Å². The molecule has 2 N–H and O–H groups in total. The fourth-order valence-electron chi connectivity index (χ4n) is 1.95. The Kier molecular flexibility index (Phi) is 5.46. The Labute approximate surface area is 133 Å². The summed E-state index contributed by atoms with van der Waals surface area (Å²) in [6, 6.07) is 13.9. The highest BCUT2D eigenvalue weighted by atomic mass is 79.9. The van der Waals surface area contributed by atoms with Gasteiger partial charge < -0.3 is 10.5 Å². The molecule has 2 aromatic carbocycles. The van der Waals surface area contributed by atoms with Crippen molar-refractivity contribution in [2.24, 2.45) is 5.73 Å². The second-order valence-electron chi connectivity index (χ2n) is 4.81. The lowest BCUT2D eigenvalue weighted by molar-refractivity contribution is 0.302. The van der Waals surface area contributed by atoms with Crippen molar-refractivity contribution in [2.45, 2.75) is 26.0 Å². The molecule has 0 aliphatic heterocycles. The van der Waals surface area contributed by atoms with E-state index in [4.69, 9.17) is 22.1 Å². The Morgan fingerprint density at radius 2 is 1.95 bits per heavy atom. The second kappa shape index (κ2) is 7.11. The molecule has 0 aliphatic carbocycles. The molecule has 1 atom stereocenters. The SMILES string of the molecule is CC(N)Cc1ccccc1OCc1ccc(Br)cc1Cl. The number of benzene rings is 2. The first-order valence-electron chi connectivity index (χ1n) is 6.46. The van der Waals surface area contributed by atoms with E-state index in [9.17, 15) is 0 Å². The van der Waals surface area contributed by atoms with Gasteiger partial charge >= 0.3 is 0 Å². The van der Waals surface area contributed by atoms with E-state index in [0.29, 0.717) is 11.6 Å². The Balaban J connectivity index is 2.10. The van der Waals surface area contributed by atoms with Crippen LogP contribution in [0.3, 0.4) is 0 Å². The van der Waals surface area contributed by atoms with Gasteiger partial charge in [-0.3, -0.25) is 0 Å². The molecule has 0 aliphatic rings. The topological polar surface area (TPSA) is 35.2 Å². The zero-order valence-electron chi connectivity index (χ0n) is 11.3. The van der Waals surface area contributed by atoms with Crippen LogP contribution in [0.2, 0.25) is 5.02 Å². The molecule has 4 heteroatoms. The molecular formula is C16H17BrClNO. The minimum absolute atomic E-state index is 0.107.